The van der Waals surface area contributed by atoms with Crippen molar-refractivity contribution in [1.82, 2.24) is 15.8 Å². The molecule has 0 spiro atoms. The van der Waals surface area contributed by atoms with Crippen molar-refractivity contribution in [2.75, 3.05) is 0 Å². The molecule has 0 aliphatic heterocycles. The number of ketones is 1. The minimum absolute atomic E-state index is 0.0852. The van der Waals surface area contributed by atoms with Gasteiger partial charge in [0.2, 0.25) is 5.78 Å². The van der Waals surface area contributed by atoms with Gasteiger partial charge in [-0.05, 0) is 31.4 Å². The van der Waals surface area contributed by atoms with Crippen LogP contribution in [0.5, 0.6) is 0 Å². The maximum absolute atomic E-state index is 12.7. The van der Waals surface area contributed by atoms with Gasteiger partial charge in [-0.3, -0.25) is 20.0 Å². The normalized spacial score (nSPS) is 18.6. The third-order valence-electron chi connectivity index (χ3n) is 3.53. The Hall–Kier alpha value is -2.38. The number of hydrogen-bond acceptors (Lipinski definition) is 4. The molecule has 2 N–H and O–H groups in total. The van der Waals surface area contributed by atoms with Crippen molar-refractivity contribution in [1.29, 1.82) is 0 Å². The Morgan fingerprint density at radius 1 is 1.26 bits per heavy atom. The van der Waals surface area contributed by atoms with Gasteiger partial charge in [0.05, 0.1) is 11.5 Å². The lowest BCUT2D eigenvalue weighted by Crippen LogP contribution is -2.42. The van der Waals surface area contributed by atoms with Crippen LogP contribution in [-0.4, -0.2) is 22.9 Å². The second-order valence-corrected chi connectivity index (χ2v) is 5.18. The molecule has 2 rings (SSSR count). The van der Waals surface area contributed by atoms with Gasteiger partial charge in [-0.2, -0.15) is 13.2 Å². The number of alkyl halides is 3. The first-order valence-corrected chi connectivity index (χ1v) is 7.17. The Labute approximate surface area is 130 Å². The van der Waals surface area contributed by atoms with E-state index in [0.717, 1.165) is 0 Å². The minimum Gasteiger partial charge on any atom is -0.302 e. The van der Waals surface area contributed by atoms with E-state index in [0.29, 0.717) is 19.3 Å². The lowest BCUT2D eigenvalue weighted by Gasteiger charge is -2.21. The Morgan fingerprint density at radius 3 is 2.70 bits per heavy atom. The standard InChI is InChI=1S/C15H16F3N3O2/c16-15(17,18)13(22)11-6-2-1-3-7-12(11)20-21-14(23)10-5-4-8-19-9-10/h4-5,7-9,11,20H,1-3,6H2,(H,21,23)/t11-/m1/s1. The molecule has 0 unspecified atom stereocenters. The maximum Gasteiger partial charge on any atom is 0.450 e. The highest BCUT2D eigenvalue weighted by atomic mass is 19.4. The van der Waals surface area contributed by atoms with Gasteiger partial charge >= 0.3 is 6.18 Å². The lowest BCUT2D eigenvalue weighted by molar-refractivity contribution is -0.174. The Kier molecular flexibility index (Phi) is 5.36. The van der Waals surface area contributed by atoms with Crippen molar-refractivity contribution >= 4 is 11.7 Å². The molecular weight excluding hydrogens is 311 g/mol. The van der Waals surface area contributed by atoms with E-state index in [1.807, 2.05) is 0 Å². The van der Waals surface area contributed by atoms with Crippen molar-refractivity contribution in [3.63, 3.8) is 0 Å². The van der Waals surface area contributed by atoms with E-state index in [9.17, 15) is 22.8 Å². The van der Waals surface area contributed by atoms with Crippen molar-refractivity contribution in [3.05, 3.63) is 41.9 Å². The summed E-state index contributed by atoms with van der Waals surface area (Å²) in [7, 11) is 0. The first-order valence-electron chi connectivity index (χ1n) is 7.17. The molecule has 23 heavy (non-hydrogen) atoms. The Bertz CT molecular complexity index is 600. The highest BCUT2D eigenvalue weighted by Gasteiger charge is 2.44. The fourth-order valence-electron chi connectivity index (χ4n) is 2.35. The molecule has 0 fully saturated rings. The van der Waals surface area contributed by atoms with E-state index in [1.165, 1.54) is 24.5 Å². The molecular formula is C15H16F3N3O2. The maximum atomic E-state index is 12.7. The molecule has 8 heteroatoms. The zero-order valence-corrected chi connectivity index (χ0v) is 12.2. The summed E-state index contributed by atoms with van der Waals surface area (Å²) in [6.45, 7) is 0. The molecule has 1 aromatic rings. The second kappa shape index (κ2) is 7.26. The molecule has 124 valence electrons. The summed E-state index contributed by atoms with van der Waals surface area (Å²) in [4.78, 5) is 27.3. The molecule has 1 aliphatic carbocycles. The van der Waals surface area contributed by atoms with Gasteiger partial charge in [0, 0.05) is 18.1 Å². The first-order chi connectivity index (χ1) is 10.9. The third kappa shape index (κ3) is 4.54. The number of allylic oxidation sites excluding steroid dienone is 2. The number of halogens is 3. The van der Waals surface area contributed by atoms with Gasteiger partial charge in [-0.15, -0.1) is 0 Å². The van der Waals surface area contributed by atoms with E-state index >= 15 is 0 Å². The minimum atomic E-state index is -4.90. The molecule has 1 aromatic heterocycles. The van der Waals surface area contributed by atoms with Crippen molar-refractivity contribution in [3.8, 4) is 0 Å². The molecule has 0 saturated heterocycles. The summed E-state index contributed by atoms with van der Waals surface area (Å²) < 4.78 is 38.1. The largest absolute Gasteiger partial charge is 0.450 e. The first kappa shape index (κ1) is 17.0. The van der Waals surface area contributed by atoms with E-state index < -0.39 is 23.8 Å². The van der Waals surface area contributed by atoms with E-state index in [1.54, 1.807) is 6.07 Å². The number of pyridine rings is 1. The van der Waals surface area contributed by atoms with Crippen LogP contribution in [0.3, 0.4) is 0 Å². The fraction of sp³-hybridized carbons (Fsp3) is 0.400. The Balaban J connectivity index is 2.07. The summed E-state index contributed by atoms with van der Waals surface area (Å²) in [6.07, 6.45) is 1.32. The number of hydrogen-bond donors (Lipinski definition) is 2. The van der Waals surface area contributed by atoms with E-state index in [-0.39, 0.29) is 17.7 Å². The molecule has 1 amide bonds. The van der Waals surface area contributed by atoms with Crippen molar-refractivity contribution in [2.45, 2.75) is 31.9 Å². The van der Waals surface area contributed by atoms with Crippen LogP contribution >= 0.6 is 0 Å². The van der Waals surface area contributed by atoms with Crippen molar-refractivity contribution in [2.24, 2.45) is 5.92 Å². The molecule has 0 radical (unpaired) electrons. The van der Waals surface area contributed by atoms with E-state index in [2.05, 4.69) is 15.8 Å². The number of Topliss-reactive ketones (excluding diaryl/α,β-unsaturated/α-hetero) is 1. The monoisotopic (exact) mass is 327 g/mol. The molecule has 0 bridgehead atoms. The smallest absolute Gasteiger partial charge is 0.302 e. The highest BCUT2D eigenvalue weighted by molar-refractivity contribution is 5.93. The van der Waals surface area contributed by atoms with Crippen LogP contribution in [0.1, 0.15) is 36.0 Å². The lowest BCUT2D eigenvalue weighted by atomic mass is 9.95. The van der Waals surface area contributed by atoms with Crippen molar-refractivity contribution < 1.29 is 22.8 Å². The second-order valence-electron chi connectivity index (χ2n) is 5.18. The quantitative estimate of drug-likeness (QED) is 0.834. The molecule has 0 aromatic carbocycles. The number of amides is 1. The van der Waals surface area contributed by atoms with Gasteiger partial charge in [0.25, 0.3) is 5.91 Å². The number of rotatable bonds is 4. The van der Waals surface area contributed by atoms with Crippen LogP contribution in [0.25, 0.3) is 0 Å². The van der Waals surface area contributed by atoms with Gasteiger partial charge in [0.15, 0.2) is 0 Å². The summed E-state index contributed by atoms with van der Waals surface area (Å²) in [5.74, 6) is -3.65. The van der Waals surface area contributed by atoms with Gasteiger partial charge in [0.1, 0.15) is 0 Å². The molecule has 1 aliphatic rings. The average Bonchev–Trinajstić information content (AvgIpc) is 2.77. The number of nitrogens with one attached hydrogen (secondary N) is 2. The van der Waals surface area contributed by atoms with Gasteiger partial charge < -0.3 is 5.43 Å². The number of carbonyl (C=O) groups excluding carboxylic acids is 2. The van der Waals surface area contributed by atoms with Gasteiger partial charge in [-0.25, -0.2) is 0 Å². The van der Waals surface area contributed by atoms with Crippen LogP contribution in [-0.2, 0) is 4.79 Å². The molecule has 1 heterocycles. The highest BCUT2D eigenvalue weighted by Crippen LogP contribution is 2.30. The third-order valence-corrected chi connectivity index (χ3v) is 3.53. The summed E-state index contributed by atoms with van der Waals surface area (Å²) >= 11 is 0. The Morgan fingerprint density at radius 2 is 2.04 bits per heavy atom. The van der Waals surface area contributed by atoms with E-state index in [4.69, 9.17) is 0 Å². The summed E-state index contributed by atoms with van der Waals surface area (Å²) in [5.41, 5.74) is 5.13. The van der Waals surface area contributed by atoms with Gasteiger partial charge in [-0.1, -0.05) is 12.5 Å². The molecule has 5 nitrogen and oxygen atoms in total. The molecule has 0 saturated carbocycles. The topological polar surface area (TPSA) is 71.1 Å². The SMILES string of the molecule is O=C(NNC1=CCCCC[C@H]1C(=O)C(F)(F)F)c1cccnc1. The predicted octanol–water partition coefficient (Wildman–Crippen LogP) is 2.52. The molecule has 1 atom stereocenters. The predicted molar refractivity (Wildman–Crippen MR) is 75.9 cm³/mol. The number of aromatic nitrogens is 1. The number of carbonyl (C=O) groups is 2. The fourth-order valence-corrected chi connectivity index (χ4v) is 2.35. The summed E-state index contributed by atoms with van der Waals surface area (Å²) in [6, 6.07) is 3.08. The zero-order chi connectivity index (χ0) is 16.9. The number of nitrogens with zero attached hydrogens (tertiary/aromatic N) is 1. The summed E-state index contributed by atoms with van der Waals surface area (Å²) in [5, 5.41) is 0. The van der Waals surface area contributed by atoms with Crippen LogP contribution in [0.2, 0.25) is 0 Å². The zero-order valence-electron chi connectivity index (χ0n) is 12.2. The van der Waals surface area contributed by atoms with Crippen LogP contribution in [0, 0.1) is 5.92 Å². The van der Waals surface area contributed by atoms with Crippen LogP contribution < -0.4 is 10.9 Å². The van der Waals surface area contributed by atoms with Crippen LogP contribution in [0.4, 0.5) is 13.2 Å². The number of hydrazine groups is 1. The van der Waals surface area contributed by atoms with Crippen LogP contribution in [0.15, 0.2) is 36.3 Å². The average molecular weight is 327 g/mol.